The fourth-order valence-electron chi connectivity index (χ4n) is 0.957. The second-order valence-electron chi connectivity index (χ2n) is 2.81. The summed E-state index contributed by atoms with van der Waals surface area (Å²) in [4.78, 5) is 0. The van der Waals surface area contributed by atoms with E-state index in [1.807, 2.05) is 19.1 Å². The van der Waals surface area contributed by atoms with E-state index < -0.39 is 10.0 Å². The third-order valence-electron chi connectivity index (χ3n) is 1.65. The van der Waals surface area contributed by atoms with Crippen LogP contribution in [0.3, 0.4) is 0 Å². The first kappa shape index (κ1) is 12.7. The minimum Gasteiger partial charge on any atom is -0.210 e. The number of nitrogens with one attached hydrogen (secondary N) is 1. The number of sulfonamides is 1. The Morgan fingerprint density at radius 1 is 1.53 bits per heavy atom. The Labute approximate surface area is 98.8 Å². The quantitative estimate of drug-likeness (QED) is 0.657. The molecule has 1 rings (SSSR count). The van der Waals surface area contributed by atoms with E-state index in [1.165, 1.54) is 6.07 Å². The lowest BCUT2D eigenvalue weighted by atomic mass is 10.4. The maximum absolute atomic E-state index is 11.6. The molecular weight excluding hydrogens is 254 g/mol. The number of thiophene rings is 1. The molecule has 3 nitrogen and oxygen atoms in total. The molecule has 0 aromatic carbocycles. The van der Waals surface area contributed by atoms with Crippen LogP contribution >= 0.6 is 22.9 Å². The van der Waals surface area contributed by atoms with Crippen molar-refractivity contribution in [2.45, 2.75) is 17.6 Å². The Balaban J connectivity index is 2.60. The molecule has 0 fully saturated rings. The van der Waals surface area contributed by atoms with Gasteiger partial charge in [0.15, 0.2) is 0 Å². The zero-order chi connectivity index (χ0) is 11.3. The van der Waals surface area contributed by atoms with E-state index in [9.17, 15) is 8.42 Å². The van der Waals surface area contributed by atoms with E-state index in [0.29, 0.717) is 17.3 Å². The highest BCUT2D eigenvalue weighted by atomic mass is 35.5. The Bertz CT molecular complexity index is 437. The molecule has 0 aliphatic rings. The predicted molar refractivity (Wildman–Crippen MR) is 63.9 cm³/mol. The van der Waals surface area contributed by atoms with Crippen LogP contribution in [0.2, 0.25) is 4.34 Å². The molecule has 0 spiro atoms. The van der Waals surface area contributed by atoms with Gasteiger partial charge < -0.3 is 0 Å². The molecule has 0 saturated carbocycles. The summed E-state index contributed by atoms with van der Waals surface area (Å²) >= 11 is 6.72. The molecule has 0 aliphatic heterocycles. The van der Waals surface area contributed by atoms with Gasteiger partial charge in [0.25, 0.3) is 0 Å². The lowest BCUT2D eigenvalue weighted by Gasteiger charge is -2.01. The molecule has 6 heteroatoms. The smallest absolute Gasteiger partial charge is 0.210 e. The third-order valence-corrected chi connectivity index (χ3v) is 4.84. The van der Waals surface area contributed by atoms with Crippen molar-refractivity contribution in [2.75, 3.05) is 6.54 Å². The van der Waals surface area contributed by atoms with Crippen LogP contribution in [0, 0.1) is 0 Å². The summed E-state index contributed by atoms with van der Waals surface area (Å²) in [6.45, 7) is 2.30. The molecule has 0 unspecified atom stereocenters. The van der Waals surface area contributed by atoms with Crippen molar-refractivity contribution in [3.63, 3.8) is 0 Å². The van der Waals surface area contributed by atoms with E-state index in [0.717, 1.165) is 11.3 Å². The van der Waals surface area contributed by atoms with Crippen LogP contribution < -0.4 is 4.72 Å². The molecule has 0 saturated heterocycles. The molecule has 0 atom stereocenters. The zero-order valence-corrected chi connectivity index (χ0v) is 10.6. The van der Waals surface area contributed by atoms with Gasteiger partial charge in [0.2, 0.25) is 10.0 Å². The van der Waals surface area contributed by atoms with E-state index in [2.05, 4.69) is 4.72 Å². The lowest BCUT2D eigenvalue weighted by molar-refractivity contribution is 0.584. The Morgan fingerprint density at radius 2 is 2.27 bits per heavy atom. The van der Waals surface area contributed by atoms with Crippen LogP contribution in [0.15, 0.2) is 28.5 Å². The van der Waals surface area contributed by atoms with Crippen LogP contribution in [-0.2, 0) is 10.0 Å². The minimum absolute atomic E-state index is 0.257. The Kier molecular flexibility index (Phi) is 4.79. The van der Waals surface area contributed by atoms with Crippen LogP contribution in [-0.4, -0.2) is 15.0 Å². The van der Waals surface area contributed by atoms with Crippen LogP contribution in [0.25, 0.3) is 0 Å². The summed E-state index contributed by atoms with van der Waals surface area (Å²) in [5.74, 6) is 0. The molecular formula is C9H12ClNO2S2. The van der Waals surface area contributed by atoms with Crippen molar-refractivity contribution in [1.82, 2.24) is 4.72 Å². The van der Waals surface area contributed by atoms with E-state index in [4.69, 9.17) is 11.6 Å². The highest BCUT2D eigenvalue weighted by molar-refractivity contribution is 7.91. The third kappa shape index (κ3) is 3.95. The SMILES string of the molecule is C/C=C/CCNS(=O)(=O)c1ccc(Cl)s1. The van der Waals surface area contributed by atoms with Gasteiger partial charge in [-0.25, -0.2) is 13.1 Å². The van der Waals surface area contributed by atoms with E-state index >= 15 is 0 Å². The van der Waals surface area contributed by atoms with Gasteiger partial charge in [-0.1, -0.05) is 23.8 Å². The highest BCUT2D eigenvalue weighted by Crippen LogP contribution is 2.25. The highest BCUT2D eigenvalue weighted by Gasteiger charge is 2.15. The van der Waals surface area contributed by atoms with Gasteiger partial charge in [0.1, 0.15) is 4.21 Å². The van der Waals surface area contributed by atoms with Crippen molar-refractivity contribution in [3.8, 4) is 0 Å². The molecule has 84 valence electrons. The van der Waals surface area contributed by atoms with Crippen LogP contribution in [0.4, 0.5) is 0 Å². The first-order chi connectivity index (χ1) is 7.06. The largest absolute Gasteiger partial charge is 0.250 e. The van der Waals surface area contributed by atoms with Crippen LogP contribution in [0.5, 0.6) is 0 Å². The van der Waals surface area contributed by atoms with Gasteiger partial charge in [-0.3, -0.25) is 0 Å². The first-order valence-corrected chi connectivity index (χ1v) is 7.10. The van der Waals surface area contributed by atoms with Crippen molar-refractivity contribution < 1.29 is 8.42 Å². The maximum atomic E-state index is 11.6. The lowest BCUT2D eigenvalue weighted by Crippen LogP contribution is -2.23. The molecule has 1 aromatic rings. The second kappa shape index (κ2) is 5.65. The molecule has 1 aromatic heterocycles. The molecule has 0 radical (unpaired) electrons. The number of halogens is 1. The molecule has 0 aliphatic carbocycles. The van der Waals surface area contributed by atoms with Crippen molar-refractivity contribution >= 4 is 33.0 Å². The van der Waals surface area contributed by atoms with Crippen LogP contribution in [0.1, 0.15) is 13.3 Å². The molecule has 1 heterocycles. The predicted octanol–water partition coefficient (Wildman–Crippen LogP) is 2.65. The fraction of sp³-hybridized carbons (Fsp3) is 0.333. The number of hydrogen-bond donors (Lipinski definition) is 1. The number of allylic oxidation sites excluding steroid dienone is 1. The van der Waals surface area contributed by atoms with Gasteiger partial charge in [0.05, 0.1) is 4.34 Å². The monoisotopic (exact) mass is 265 g/mol. The van der Waals surface area contributed by atoms with Gasteiger partial charge >= 0.3 is 0 Å². The molecule has 0 bridgehead atoms. The van der Waals surface area contributed by atoms with Gasteiger partial charge in [0, 0.05) is 6.54 Å². The summed E-state index contributed by atoms with van der Waals surface area (Å²) in [6.07, 6.45) is 4.48. The first-order valence-electron chi connectivity index (χ1n) is 4.42. The summed E-state index contributed by atoms with van der Waals surface area (Å²) in [6, 6.07) is 3.08. The molecule has 1 N–H and O–H groups in total. The molecule has 15 heavy (non-hydrogen) atoms. The van der Waals surface area contributed by atoms with Gasteiger partial charge in [-0.05, 0) is 25.5 Å². The second-order valence-corrected chi connectivity index (χ2v) is 6.52. The van der Waals surface area contributed by atoms with E-state index in [-0.39, 0.29) is 4.21 Å². The number of hydrogen-bond acceptors (Lipinski definition) is 3. The minimum atomic E-state index is -3.37. The van der Waals surface area contributed by atoms with Gasteiger partial charge in [-0.2, -0.15) is 0 Å². The van der Waals surface area contributed by atoms with Crippen molar-refractivity contribution in [3.05, 3.63) is 28.6 Å². The zero-order valence-electron chi connectivity index (χ0n) is 8.23. The summed E-state index contributed by atoms with van der Waals surface area (Å²) < 4.78 is 26.5. The fourth-order valence-corrected chi connectivity index (χ4v) is 3.53. The summed E-state index contributed by atoms with van der Waals surface area (Å²) in [5.41, 5.74) is 0. The topological polar surface area (TPSA) is 46.2 Å². The summed E-state index contributed by atoms with van der Waals surface area (Å²) in [5, 5.41) is 0. The average molecular weight is 266 g/mol. The Hall–Kier alpha value is -0.360. The van der Waals surface area contributed by atoms with Gasteiger partial charge in [-0.15, -0.1) is 11.3 Å². The maximum Gasteiger partial charge on any atom is 0.250 e. The Morgan fingerprint density at radius 3 is 2.80 bits per heavy atom. The number of rotatable bonds is 5. The molecule has 0 amide bonds. The van der Waals surface area contributed by atoms with Crippen molar-refractivity contribution in [2.24, 2.45) is 0 Å². The standard InChI is InChI=1S/C9H12ClNO2S2/c1-2-3-4-7-11-15(12,13)9-6-5-8(10)14-9/h2-3,5-6,11H,4,7H2,1H3/b3-2+. The van der Waals surface area contributed by atoms with E-state index in [1.54, 1.807) is 6.07 Å². The summed E-state index contributed by atoms with van der Waals surface area (Å²) in [7, 11) is -3.37. The van der Waals surface area contributed by atoms with Crippen molar-refractivity contribution in [1.29, 1.82) is 0 Å². The average Bonchev–Trinajstić information content (AvgIpc) is 2.60. The normalized spacial score (nSPS) is 12.4.